The number of hydrogen-bond acceptors (Lipinski definition) is 2. The molecule has 0 spiro atoms. The summed E-state index contributed by atoms with van der Waals surface area (Å²) in [7, 11) is 0. The fourth-order valence-electron chi connectivity index (χ4n) is 2.11. The third kappa shape index (κ3) is 6.37. The Kier molecular flexibility index (Phi) is 7.41. The molecule has 1 atom stereocenters. The SMILES string of the molecule is CC(C)=CCC/C(C)=C/C(O)c1ccccc1/C=C/C=O. The summed E-state index contributed by atoms with van der Waals surface area (Å²) in [5.74, 6) is 0. The van der Waals surface area contributed by atoms with Gasteiger partial charge in [-0.15, -0.1) is 0 Å². The van der Waals surface area contributed by atoms with E-state index in [9.17, 15) is 9.90 Å². The minimum atomic E-state index is -0.649. The van der Waals surface area contributed by atoms with Crippen molar-refractivity contribution in [2.24, 2.45) is 0 Å². The van der Waals surface area contributed by atoms with Crippen molar-refractivity contribution < 1.29 is 9.90 Å². The maximum Gasteiger partial charge on any atom is 0.142 e. The van der Waals surface area contributed by atoms with Gasteiger partial charge in [0.1, 0.15) is 6.29 Å². The van der Waals surface area contributed by atoms with Gasteiger partial charge in [0.05, 0.1) is 6.10 Å². The van der Waals surface area contributed by atoms with Gasteiger partial charge in [-0.3, -0.25) is 4.79 Å². The normalized spacial score (nSPS) is 13.2. The van der Waals surface area contributed by atoms with Gasteiger partial charge in [0.25, 0.3) is 0 Å². The Bertz CT molecular complexity index is 546. The van der Waals surface area contributed by atoms with Crippen molar-refractivity contribution in [3.05, 3.63) is 64.8 Å². The van der Waals surface area contributed by atoms with E-state index in [1.807, 2.05) is 37.3 Å². The number of rotatable bonds is 7. The second-order valence-corrected chi connectivity index (χ2v) is 5.40. The van der Waals surface area contributed by atoms with Crippen LogP contribution in [0.2, 0.25) is 0 Å². The molecule has 0 heterocycles. The zero-order chi connectivity index (χ0) is 15.7. The molecule has 2 nitrogen and oxygen atoms in total. The summed E-state index contributed by atoms with van der Waals surface area (Å²) in [5, 5.41) is 10.4. The smallest absolute Gasteiger partial charge is 0.142 e. The number of aldehydes is 1. The lowest BCUT2D eigenvalue weighted by atomic mass is 9.99. The molecular formula is C19H24O2. The summed E-state index contributed by atoms with van der Waals surface area (Å²) in [6.45, 7) is 6.21. The van der Waals surface area contributed by atoms with E-state index in [4.69, 9.17) is 0 Å². The molecule has 112 valence electrons. The average Bonchev–Trinajstić information content (AvgIpc) is 2.44. The van der Waals surface area contributed by atoms with Crippen LogP contribution >= 0.6 is 0 Å². The Balaban J connectivity index is 2.83. The molecule has 0 bridgehead atoms. The maximum atomic E-state index is 10.4. The molecule has 2 heteroatoms. The molecule has 1 N–H and O–H groups in total. The van der Waals surface area contributed by atoms with Crippen molar-refractivity contribution >= 4 is 12.4 Å². The molecule has 1 aromatic rings. The van der Waals surface area contributed by atoms with Crippen LogP contribution in [-0.2, 0) is 4.79 Å². The lowest BCUT2D eigenvalue weighted by molar-refractivity contribution is -0.104. The van der Waals surface area contributed by atoms with Crippen LogP contribution in [0.15, 0.2) is 53.6 Å². The van der Waals surface area contributed by atoms with E-state index in [1.54, 1.807) is 6.08 Å². The van der Waals surface area contributed by atoms with Crippen molar-refractivity contribution in [2.45, 2.75) is 39.7 Å². The summed E-state index contributed by atoms with van der Waals surface area (Å²) in [6, 6.07) is 7.56. The van der Waals surface area contributed by atoms with Gasteiger partial charge in [0, 0.05) is 0 Å². The third-order valence-electron chi connectivity index (χ3n) is 3.20. The van der Waals surface area contributed by atoms with Crippen molar-refractivity contribution in [1.82, 2.24) is 0 Å². The molecule has 21 heavy (non-hydrogen) atoms. The molecule has 0 aromatic heterocycles. The Morgan fingerprint density at radius 1 is 1.24 bits per heavy atom. The standard InChI is InChI=1S/C19H24O2/c1-15(2)8-6-9-16(3)14-19(21)18-12-5-4-10-17(18)11-7-13-20/h4-5,7-8,10-14,19,21H,6,9H2,1-3H3/b11-7+,16-14+. The van der Waals surface area contributed by atoms with Gasteiger partial charge in [0.15, 0.2) is 0 Å². The molecular weight excluding hydrogens is 260 g/mol. The van der Waals surface area contributed by atoms with E-state index >= 15 is 0 Å². The molecule has 0 aliphatic carbocycles. The van der Waals surface area contributed by atoms with Crippen LogP contribution in [0.25, 0.3) is 6.08 Å². The number of carbonyl (C=O) groups is 1. The highest BCUT2D eigenvalue weighted by Gasteiger charge is 2.08. The molecule has 0 radical (unpaired) electrons. The van der Waals surface area contributed by atoms with E-state index in [0.29, 0.717) is 0 Å². The summed E-state index contributed by atoms with van der Waals surface area (Å²) < 4.78 is 0. The van der Waals surface area contributed by atoms with E-state index in [0.717, 1.165) is 35.8 Å². The minimum absolute atomic E-state index is 0.649. The number of aliphatic hydroxyl groups is 1. The summed E-state index contributed by atoms with van der Waals surface area (Å²) in [5.41, 5.74) is 4.16. The van der Waals surface area contributed by atoms with Crippen molar-refractivity contribution in [1.29, 1.82) is 0 Å². The van der Waals surface area contributed by atoms with Crippen LogP contribution in [0.5, 0.6) is 0 Å². The van der Waals surface area contributed by atoms with Crippen LogP contribution < -0.4 is 0 Å². The first-order chi connectivity index (χ1) is 10.0. The molecule has 0 saturated heterocycles. The lowest BCUT2D eigenvalue weighted by Gasteiger charge is -2.11. The molecule has 0 amide bonds. The van der Waals surface area contributed by atoms with Gasteiger partial charge >= 0.3 is 0 Å². The van der Waals surface area contributed by atoms with Crippen LogP contribution in [0.1, 0.15) is 50.8 Å². The maximum absolute atomic E-state index is 10.4. The van der Waals surface area contributed by atoms with Crippen LogP contribution in [0.4, 0.5) is 0 Å². The number of carbonyl (C=O) groups excluding carboxylic acids is 1. The van der Waals surface area contributed by atoms with Gasteiger partial charge in [-0.2, -0.15) is 0 Å². The number of hydrogen-bond donors (Lipinski definition) is 1. The van der Waals surface area contributed by atoms with Gasteiger partial charge in [-0.25, -0.2) is 0 Å². The predicted molar refractivity (Wildman–Crippen MR) is 88.9 cm³/mol. The molecule has 1 aromatic carbocycles. The molecule has 1 rings (SSSR count). The predicted octanol–water partition coefficient (Wildman–Crippen LogP) is 4.62. The zero-order valence-electron chi connectivity index (χ0n) is 13.0. The lowest BCUT2D eigenvalue weighted by Crippen LogP contribution is -1.97. The average molecular weight is 284 g/mol. The van der Waals surface area contributed by atoms with Crippen LogP contribution in [-0.4, -0.2) is 11.4 Å². The molecule has 0 aliphatic heterocycles. The zero-order valence-corrected chi connectivity index (χ0v) is 13.0. The first kappa shape index (κ1) is 17.1. The fraction of sp³-hybridized carbons (Fsp3) is 0.316. The van der Waals surface area contributed by atoms with Crippen molar-refractivity contribution in [3.63, 3.8) is 0 Å². The third-order valence-corrected chi connectivity index (χ3v) is 3.20. The van der Waals surface area contributed by atoms with E-state index in [-0.39, 0.29) is 0 Å². The summed E-state index contributed by atoms with van der Waals surface area (Å²) in [6.07, 6.45) is 9.26. The summed E-state index contributed by atoms with van der Waals surface area (Å²) in [4.78, 5) is 10.4. The van der Waals surface area contributed by atoms with Gasteiger partial charge in [0.2, 0.25) is 0 Å². The minimum Gasteiger partial charge on any atom is -0.384 e. The molecule has 0 fully saturated rings. The first-order valence-electron chi connectivity index (χ1n) is 7.24. The van der Waals surface area contributed by atoms with Gasteiger partial charge in [-0.05, 0) is 50.8 Å². The number of aliphatic hydroxyl groups excluding tert-OH is 1. The highest BCUT2D eigenvalue weighted by Crippen LogP contribution is 2.22. The highest BCUT2D eigenvalue weighted by molar-refractivity contribution is 5.74. The second-order valence-electron chi connectivity index (χ2n) is 5.40. The first-order valence-corrected chi connectivity index (χ1v) is 7.24. The van der Waals surface area contributed by atoms with E-state index in [2.05, 4.69) is 19.9 Å². The highest BCUT2D eigenvalue weighted by atomic mass is 16.3. The van der Waals surface area contributed by atoms with E-state index in [1.165, 1.54) is 11.6 Å². The quantitative estimate of drug-likeness (QED) is 0.450. The molecule has 0 aliphatic rings. The number of allylic oxidation sites excluding steroid dienone is 4. The van der Waals surface area contributed by atoms with E-state index < -0.39 is 6.10 Å². The fourth-order valence-corrected chi connectivity index (χ4v) is 2.11. The Hall–Kier alpha value is -1.93. The Morgan fingerprint density at radius 2 is 1.95 bits per heavy atom. The number of benzene rings is 1. The van der Waals surface area contributed by atoms with Gasteiger partial charge in [-0.1, -0.05) is 53.6 Å². The summed E-state index contributed by atoms with van der Waals surface area (Å²) >= 11 is 0. The second kappa shape index (κ2) is 9.09. The largest absolute Gasteiger partial charge is 0.384 e. The molecule has 1 unspecified atom stereocenters. The van der Waals surface area contributed by atoms with Crippen LogP contribution in [0, 0.1) is 0 Å². The van der Waals surface area contributed by atoms with Crippen molar-refractivity contribution in [2.75, 3.05) is 0 Å². The Morgan fingerprint density at radius 3 is 2.62 bits per heavy atom. The Labute approximate surface area is 127 Å². The topological polar surface area (TPSA) is 37.3 Å². The van der Waals surface area contributed by atoms with Gasteiger partial charge < -0.3 is 5.11 Å². The van der Waals surface area contributed by atoms with Crippen LogP contribution in [0.3, 0.4) is 0 Å². The van der Waals surface area contributed by atoms with Crippen molar-refractivity contribution in [3.8, 4) is 0 Å². The monoisotopic (exact) mass is 284 g/mol. The molecule has 0 saturated carbocycles.